The smallest absolute Gasteiger partial charge is 0.326 e. The molecule has 5 aliphatic rings. The Morgan fingerprint density at radius 2 is 1.82 bits per heavy atom. The van der Waals surface area contributed by atoms with Gasteiger partial charge in [-0.1, -0.05) is 30.3 Å². The minimum atomic E-state index is -4.12. The van der Waals surface area contributed by atoms with Crippen molar-refractivity contribution in [3.63, 3.8) is 0 Å². The highest BCUT2D eigenvalue weighted by Crippen LogP contribution is 2.62. The molecule has 174 valence electrons. The van der Waals surface area contributed by atoms with Gasteiger partial charge in [0.1, 0.15) is 16.2 Å². The van der Waals surface area contributed by atoms with Gasteiger partial charge in [0.2, 0.25) is 10.0 Å². The fourth-order valence-corrected chi connectivity index (χ4v) is 7.66. The van der Waals surface area contributed by atoms with Crippen LogP contribution in [0.4, 0.5) is 5.69 Å². The summed E-state index contributed by atoms with van der Waals surface area (Å²) in [5.41, 5.74) is -0.383. The van der Waals surface area contributed by atoms with E-state index in [0.717, 1.165) is 25.1 Å². The molecule has 3 saturated heterocycles. The number of fused-ring (bicyclic) bond motifs is 6. The standard InChI is InChI=1S/C24H27N3O5S/c28-23(29)24(17-14-32-19-7-3-1-5-16(19)22(17)24)26-33(30,31)20-8-4-2-6-18(20)25-21-13-15-9-11-27(21)12-10-15/h1-8,15,17,21-22,25-26H,9-14H2,(H,28,29)/t17?,21-,22?,24?/m1/s1. The molecule has 2 bridgehead atoms. The van der Waals surface area contributed by atoms with E-state index in [0.29, 0.717) is 17.4 Å². The molecular weight excluding hydrogens is 442 g/mol. The van der Waals surface area contributed by atoms with Gasteiger partial charge in [0.05, 0.1) is 18.5 Å². The van der Waals surface area contributed by atoms with Crippen molar-refractivity contribution < 1.29 is 23.1 Å². The molecule has 8 nitrogen and oxygen atoms in total. The van der Waals surface area contributed by atoms with Gasteiger partial charge in [-0.3, -0.25) is 9.69 Å². The highest BCUT2D eigenvalue weighted by atomic mass is 32.2. The first-order valence-corrected chi connectivity index (χ1v) is 13.0. The fourth-order valence-electron chi connectivity index (χ4n) is 6.06. The summed E-state index contributed by atoms with van der Waals surface area (Å²) < 4.78 is 35.5. The van der Waals surface area contributed by atoms with Crippen molar-refractivity contribution in [2.45, 2.75) is 41.8 Å². The number of carbonyl (C=O) groups is 1. The van der Waals surface area contributed by atoms with Gasteiger partial charge in [-0.2, -0.15) is 4.72 Å². The number of sulfonamides is 1. The van der Waals surface area contributed by atoms with Crippen molar-refractivity contribution in [2.75, 3.05) is 25.0 Å². The minimum Gasteiger partial charge on any atom is -0.493 e. The second-order valence-corrected chi connectivity index (χ2v) is 11.2. The van der Waals surface area contributed by atoms with Crippen LogP contribution in [0, 0.1) is 11.8 Å². The van der Waals surface area contributed by atoms with Gasteiger partial charge in [-0.05, 0) is 43.4 Å². The quantitative estimate of drug-likeness (QED) is 0.596. The monoisotopic (exact) mass is 469 g/mol. The van der Waals surface area contributed by atoms with Crippen molar-refractivity contribution in [1.29, 1.82) is 0 Å². The summed E-state index contributed by atoms with van der Waals surface area (Å²) in [6.07, 6.45) is 3.45. The number of nitrogens with one attached hydrogen (secondary N) is 2. The van der Waals surface area contributed by atoms with E-state index in [9.17, 15) is 18.3 Å². The zero-order valence-electron chi connectivity index (χ0n) is 18.1. The number of hydrogen-bond acceptors (Lipinski definition) is 6. The molecule has 1 aliphatic carbocycles. The number of aliphatic carboxylic acids is 1. The van der Waals surface area contributed by atoms with Crippen LogP contribution in [-0.4, -0.2) is 55.8 Å². The number of piperidine rings is 3. The van der Waals surface area contributed by atoms with E-state index >= 15 is 0 Å². The molecule has 2 aromatic rings. The van der Waals surface area contributed by atoms with E-state index in [2.05, 4.69) is 14.9 Å². The van der Waals surface area contributed by atoms with Crippen LogP contribution in [0.3, 0.4) is 0 Å². The molecule has 4 fully saturated rings. The number of ether oxygens (including phenoxy) is 1. The Hall–Kier alpha value is -2.62. The van der Waals surface area contributed by atoms with Gasteiger partial charge in [0, 0.05) is 30.5 Å². The van der Waals surface area contributed by atoms with Gasteiger partial charge in [-0.25, -0.2) is 8.42 Å². The zero-order valence-corrected chi connectivity index (χ0v) is 18.9. The highest BCUT2D eigenvalue weighted by Gasteiger charge is 2.74. The normalized spacial score (nSPS) is 34.0. The van der Waals surface area contributed by atoms with Gasteiger partial charge in [0.15, 0.2) is 0 Å². The van der Waals surface area contributed by atoms with Crippen molar-refractivity contribution in [1.82, 2.24) is 9.62 Å². The van der Waals surface area contributed by atoms with E-state index in [1.807, 2.05) is 18.2 Å². The topological polar surface area (TPSA) is 108 Å². The molecule has 3 N–H and O–H groups in total. The number of carboxylic acids is 1. The van der Waals surface area contributed by atoms with E-state index in [-0.39, 0.29) is 17.7 Å². The molecular formula is C24H27N3O5S. The minimum absolute atomic E-state index is 0.0751. The molecule has 4 aliphatic heterocycles. The van der Waals surface area contributed by atoms with Crippen molar-refractivity contribution in [2.24, 2.45) is 11.8 Å². The maximum Gasteiger partial charge on any atom is 0.326 e. The van der Waals surface area contributed by atoms with Crippen LogP contribution in [0.2, 0.25) is 0 Å². The maximum atomic E-state index is 13.6. The predicted molar refractivity (Wildman–Crippen MR) is 122 cm³/mol. The number of anilines is 1. The lowest BCUT2D eigenvalue weighted by Crippen LogP contribution is -2.52. The van der Waals surface area contributed by atoms with E-state index in [1.165, 1.54) is 18.9 Å². The molecule has 7 rings (SSSR count). The maximum absolute atomic E-state index is 13.6. The second kappa shape index (κ2) is 7.44. The zero-order chi connectivity index (χ0) is 22.8. The van der Waals surface area contributed by atoms with Gasteiger partial charge < -0.3 is 15.2 Å². The van der Waals surface area contributed by atoms with Crippen molar-refractivity contribution in [3.8, 4) is 5.75 Å². The fraction of sp³-hybridized carbons (Fsp3) is 0.458. The third kappa shape index (κ3) is 3.25. The van der Waals surface area contributed by atoms with Gasteiger partial charge >= 0.3 is 5.97 Å². The summed E-state index contributed by atoms with van der Waals surface area (Å²) >= 11 is 0. The summed E-state index contributed by atoms with van der Waals surface area (Å²) in [5, 5.41) is 13.6. The Morgan fingerprint density at radius 1 is 1.09 bits per heavy atom. The lowest BCUT2D eigenvalue weighted by molar-refractivity contribution is -0.140. The van der Waals surface area contributed by atoms with E-state index in [1.54, 1.807) is 24.3 Å². The number of hydrogen-bond donors (Lipinski definition) is 3. The number of rotatable bonds is 6. The third-order valence-corrected chi connectivity index (χ3v) is 9.38. The summed E-state index contributed by atoms with van der Waals surface area (Å²) in [7, 11) is -4.12. The van der Waals surface area contributed by atoms with Crippen LogP contribution >= 0.6 is 0 Å². The molecule has 0 amide bonds. The largest absolute Gasteiger partial charge is 0.493 e. The molecule has 0 aromatic heterocycles. The Morgan fingerprint density at radius 3 is 2.55 bits per heavy atom. The Labute approximate surface area is 193 Å². The van der Waals surface area contributed by atoms with Crippen LogP contribution in [-0.2, 0) is 14.8 Å². The van der Waals surface area contributed by atoms with Gasteiger partial charge in [0.25, 0.3) is 0 Å². The third-order valence-electron chi connectivity index (χ3n) is 7.84. The molecule has 2 aromatic carbocycles. The Balaban J connectivity index is 1.31. The second-order valence-electron chi connectivity index (χ2n) is 9.58. The SMILES string of the molecule is O=C(O)C1(NS(=O)(=O)c2ccccc2N[C@H]2CC3CCN2CC3)C2COc3ccccc3C21. The van der Waals surface area contributed by atoms with Crippen LogP contribution in [0.15, 0.2) is 53.4 Å². The molecule has 3 unspecified atom stereocenters. The van der Waals surface area contributed by atoms with Crippen LogP contribution in [0.1, 0.15) is 30.7 Å². The first-order chi connectivity index (χ1) is 15.9. The number of nitrogens with zero attached hydrogens (tertiary/aromatic N) is 1. The van der Waals surface area contributed by atoms with Crippen LogP contribution in [0.25, 0.3) is 0 Å². The van der Waals surface area contributed by atoms with Crippen LogP contribution in [0.5, 0.6) is 5.75 Å². The first-order valence-electron chi connectivity index (χ1n) is 11.5. The van der Waals surface area contributed by atoms with Crippen LogP contribution < -0.4 is 14.8 Å². The molecule has 0 spiro atoms. The number of para-hydroxylation sites is 2. The lowest BCUT2D eigenvalue weighted by atomic mass is 9.86. The lowest BCUT2D eigenvalue weighted by Gasteiger charge is -2.46. The summed E-state index contributed by atoms with van der Waals surface area (Å²) in [6.45, 7) is 2.19. The number of carboxylic acid groups (broad SMARTS) is 1. The molecule has 9 heteroatoms. The highest BCUT2D eigenvalue weighted by molar-refractivity contribution is 7.89. The number of benzene rings is 2. The Bertz CT molecular complexity index is 1210. The van der Waals surface area contributed by atoms with E-state index in [4.69, 9.17) is 4.74 Å². The average molecular weight is 470 g/mol. The summed E-state index contributed by atoms with van der Waals surface area (Å²) in [6, 6.07) is 14.0. The first kappa shape index (κ1) is 20.9. The predicted octanol–water partition coefficient (Wildman–Crippen LogP) is 2.45. The van der Waals surface area contributed by atoms with Gasteiger partial charge in [-0.15, -0.1) is 0 Å². The van der Waals surface area contributed by atoms with E-state index < -0.39 is 33.4 Å². The van der Waals surface area contributed by atoms with Crippen molar-refractivity contribution in [3.05, 3.63) is 54.1 Å². The molecule has 4 atom stereocenters. The molecule has 4 heterocycles. The molecule has 0 radical (unpaired) electrons. The molecule has 1 saturated carbocycles. The Kier molecular flexibility index (Phi) is 4.73. The summed E-state index contributed by atoms with van der Waals surface area (Å²) in [4.78, 5) is 14.9. The molecule has 33 heavy (non-hydrogen) atoms. The van der Waals surface area contributed by atoms with Crippen molar-refractivity contribution >= 4 is 21.7 Å². The summed E-state index contributed by atoms with van der Waals surface area (Å²) in [5.74, 6) is -0.818. The average Bonchev–Trinajstić information content (AvgIpc) is 3.48.